The Bertz CT molecular complexity index is 2390. The Labute approximate surface area is 341 Å². The monoisotopic (exact) mass is 792 g/mol. The summed E-state index contributed by atoms with van der Waals surface area (Å²) in [6.45, 7) is 2.63. The molecule has 2 N–H and O–H groups in total. The summed E-state index contributed by atoms with van der Waals surface area (Å²) in [7, 11) is 0. The number of morpholine rings is 1. The first kappa shape index (κ1) is 37.1. The fourth-order valence-electron chi connectivity index (χ4n) is 10.1. The van der Waals surface area contributed by atoms with Gasteiger partial charge in [-0.25, -0.2) is 0 Å². The highest BCUT2D eigenvalue weighted by molar-refractivity contribution is 6.12. The number of esters is 1. The summed E-state index contributed by atoms with van der Waals surface area (Å²) < 4.78 is 23.9. The molecule has 5 aromatic carbocycles. The minimum absolute atomic E-state index is 0.0125. The Kier molecular flexibility index (Phi) is 9.55. The van der Waals surface area contributed by atoms with Crippen LogP contribution in [0.4, 0.5) is 5.69 Å². The summed E-state index contributed by atoms with van der Waals surface area (Å²) in [4.78, 5) is 52.4. The van der Waals surface area contributed by atoms with E-state index < -0.39 is 41.5 Å². The lowest BCUT2D eigenvalue weighted by Gasteiger charge is -2.46. The Morgan fingerprint density at radius 3 is 2.25 bits per heavy atom. The highest BCUT2D eigenvalue weighted by Gasteiger charge is 2.74. The Balaban J connectivity index is 1.12. The number of fused-ring (bicyclic) bond motifs is 4. The van der Waals surface area contributed by atoms with E-state index in [9.17, 15) is 5.11 Å². The average molecular weight is 793 g/mol. The molecule has 5 aliphatic rings. The third-order valence-electron chi connectivity index (χ3n) is 12.6. The molecule has 59 heavy (non-hydrogen) atoms. The molecule has 5 aromatic rings. The van der Waals surface area contributed by atoms with Gasteiger partial charge < -0.3 is 34.3 Å². The molecule has 5 heterocycles. The fraction of sp³-hybridized carbons (Fsp3) is 0.298. The van der Waals surface area contributed by atoms with Crippen molar-refractivity contribution >= 4 is 23.5 Å². The Morgan fingerprint density at radius 1 is 0.780 bits per heavy atom. The number of carbonyl (C=O) groups is 3. The molecule has 0 bridgehead atoms. The quantitative estimate of drug-likeness (QED) is 0.187. The highest BCUT2D eigenvalue weighted by atomic mass is 16.7. The fourth-order valence-corrected chi connectivity index (χ4v) is 10.1. The van der Waals surface area contributed by atoms with E-state index in [0.29, 0.717) is 55.3 Å². The van der Waals surface area contributed by atoms with Crippen molar-refractivity contribution in [3.8, 4) is 17.2 Å². The highest BCUT2D eigenvalue weighted by Crippen LogP contribution is 2.65. The minimum atomic E-state index is -1.60. The number of ether oxygens (including phenoxy) is 4. The number of para-hydroxylation sites is 2. The number of aliphatic hydroxyl groups is 1. The molecule has 0 radical (unpaired) electrons. The summed E-state index contributed by atoms with van der Waals surface area (Å²) in [6, 6.07) is 37.7. The predicted octanol–water partition coefficient (Wildman–Crippen LogP) is 5.40. The van der Waals surface area contributed by atoms with E-state index in [4.69, 9.17) is 18.9 Å². The maximum Gasteiger partial charge on any atom is 0.324 e. The Hall–Kier alpha value is -6.21. The first-order chi connectivity index (χ1) is 29.0. The Morgan fingerprint density at radius 2 is 1.47 bits per heavy atom. The first-order valence-corrected chi connectivity index (χ1v) is 20.2. The predicted molar refractivity (Wildman–Crippen MR) is 217 cm³/mol. The molecule has 3 fully saturated rings. The van der Waals surface area contributed by atoms with Gasteiger partial charge in [0.25, 0.3) is 0 Å². The first-order valence-electron chi connectivity index (χ1n) is 20.2. The number of nitrogens with zero attached hydrogens (tertiary/aromatic N) is 3. The normalized spacial score (nSPS) is 26.0. The van der Waals surface area contributed by atoms with Crippen molar-refractivity contribution in [2.24, 2.45) is 5.92 Å². The summed E-state index contributed by atoms with van der Waals surface area (Å²) in [5.74, 6) is -0.500. The van der Waals surface area contributed by atoms with E-state index in [2.05, 4.69) is 15.1 Å². The van der Waals surface area contributed by atoms with Gasteiger partial charge in [0, 0.05) is 44.0 Å². The van der Waals surface area contributed by atoms with Crippen LogP contribution < -0.4 is 19.5 Å². The van der Waals surface area contributed by atoms with Gasteiger partial charge in [-0.3, -0.25) is 24.2 Å². The molecule has 0 saturated carbocycles. The van der Waals surface area contributed by atoms with Crippen LogP contribution in [0.1, 0.15) is 46.0 Å². The second-order valence-electron chi connectivity index (χ2n) is 15.7. The van der Waals surface area contributed by atoms with Crippen molar-refractivity contribution in [3.63, 3.8) is 0 Å². The van der Waals surface area contributed by atoms with Crippen LogP contribution in [0.5, 0.6) is 17.2 Å². The van der Waals surface area contributed by atoms with Gasteiger partial charge in [-0.15, -0.1) is 0 Å². The third kappa shape index (κ3) is 6.12. The van der Waals surface area contributed by atoms with Crippen molar-refractivity contribution in [1.82, 2.24) is 14.7 Å². The second-order valence-corrected chi connectivity index (χ2v) is 15.7. The number of hydrogen-bond donors (Lipinski definition) is 2. The largest absolute Gasteiger partial charge is 0.491 e. The van der Waals surface area contributed by atoms with Crippen molar-refractivity contribution in [2.75, 3.05) is 51.5 Å². The smallest absolute Gasteiger partial charge is 0.324 e. The van der Waals surface area contributed by atoms with Crippen LogP contribution in [0.25, 0.3) is 0 Å². The molecule has 2 amide bonds. The van der Waals surface area contributed by atoms with E-state index in [1.165, 1.54) is 0 Å². The van der Waals surface area contributed by atoms with Gasteiger partial charge in [0.05, 0.1) is 24.6 Å². The van der Waals surface area contributed by atoms with Gasteiger partial charge in [0.2, 0.25) is 18.6 Å². The lowest BCUT2D eigenvalue weighted by atomic mass is 9.65. The number of benzene rings is 5. The number of amides is 2. The average Bonchev–Trinajstić information content (AvgIpc) is 3.96. The standard InChI is InChI=1S/C47H44N4O8/c52-25-26-56-36-18-10-7-15-33(36)43-47(34-16-8-9-17-35(34)48-46(47)55)39(44(53)50-23-21-49(22-24-50)28-30-19-20-37-38(27-30)58-29-57-37)41-45(54)59-42(32-13-5-2-6-14-32)40(51(41)43)31-11-3-1-4-12-31/h1-20,27,39-43,52H,21-26,28-29H2,(H,48,55)/t39-,40-,41-,42+,43+,47-/m1/s1. The number of cyclic esters (lactones) is 1. The van der Waals surface area contributed by atoms with Crippen LogP contribution in [0.2, 0.25) is 0 Å². The maximum atomic E-state index is 15.7. The zero-order valence-electron chi connectivity index (χ0n) is 32.3. The van der Waals surface area contributed by atoms with Crippen LogP contribution in [-0.2, 0) is 31.1 Å². The summed E-state index contributed by atoms with van der Waals surface area (Å²) in [5, 5.41) is 13.1. The summed E-state index contributed by atoms with van der Waals surface area (Å²) in [5.41, 5.74) is 2.99. The summed E-state index contributed by atoms with van der Waals surface area (Å²) >= 11 is 0. The van der Waals surface area contributed by atoms with Crippen LogP contribution >= 0.6 is 0 Å². The zero-order valence-corrected chi connectivity index (χ0v) is 32.3. The molecule has 300 valence electrons. The van der Waals surface area contributed by atoms with E-state index in [1.807, 2.05) is 132 Å². The van der Waals surface area contributed by atoms with E-state index >= 15 is 14.4 Å². The number of hydrogen-bond acceptors (Lipinski definition) is 10. The van der Waals surface area contributed by atoms with Crippen LogP contribution in [0, 0.1) is 5.92 Å². The number of aliphatic hydroxyl groups excluding tert-OH is 1. The van der Waals surface area contributed by atoms with Gasteiger partial charge in [-0.05, 0) is 46.5 Å². The van der Waals surface area contributed by atoms with Crippen molar-refractivity contribution < 1.29 is 38.4 Å². The number of anilines is 1. The molecule has 12 heteroatoms. The molecular formula is C47H44N4O8. The summed E-state index contributed by atoms with van der Waals surface area (Å²) in [6.07, 6.45) is -0.777. The van der Waals surface area contributed by atoms with Crippen LogP contribution in [0.15, 0.2) is 127 Å². The van der Waals surface area contributed by atoms with Gasteiger partial charge in [-0.2, -0.15) is 0 Å². The van der Waals surface area contributed by atoms with Gasteiger partial charge in [0.1, 0.15) is 29.9 Å². The molecule has 0 unspecified atom stereocenters. The SMILES string of the molecule is O=C1O[C@@H](c2ccccc2)[C@@H](c2ccccc2)N2[C@@H](c3ccccc3OCCO)[C@]3(C(=O)Nc4ccccc43)[C@@H](C(=O)N3CCN(Cc4ccc5c(c4)OCO5)CC3)[C@H]12. The van der Waals surface area contributed by atoms with Crippen molar-refractivity contribution in [1.29, 1.82) is 0 Å². The topological polar surface area (TPSA) is 130 Å². The molecular weight excluding hydrogens is 749 g/mol. The third-order valence-corrected chi connectivity index (χ3v) is 12.6. The van der Waals surface area contributed by atoms with E-state index in [1.54, 1.807) is 0 Å². The van der Waals surface area contributed by atoms with Gasteiger partial charge in [0.15, 0.2) is 11.5 Å². The van der Waals surface area contributed by atoms with Crippen molar-refractivity contribution in [3.05, 3.63) is 155 Å². The molecule has 0 aliphatic carbocycles. The van der Waals surface area contributed by atoms with Gasteiger partial charge in [-0.1, -0.05) is 103 Å². The lowest BCUT2D eigenvalue weighted by Crippen LogP contribution is -2.58. The van der Waals surface area contributed by atoms with Crippen molar-refractivity contribution in [2.45, 2.75) is 36.2 Å². The number of carbonyl (C=O) groups excluding carboxylic acids is 3. The van der Waals surface area contributed by atoms with E-state index in [-0.39, 0.29) is 31.8 Å². The van der Waals surface area contributed by atoms with Crippen LogP contribution in [-0.4, -0.2) is 89.8 Å². The van der Waals surface area contributed by atoms with E-state index in [0.717, 1.165) is 28.2 Å². The lowest BCUT2D eigenvalue weighted by molar-refractivity contribution is -0.179. The molecule has 3 saturated heterocycles. The van der Waals surface area contributed by atoms with Gasteiger partial charge >= 0.3 is 5.97 Å². The van der Waals surface area contributed by atoms with Crippen LogP contribution in [0.3, 0.4) is 0 Å². The molecule has 5 aliphatic heterocycles. The molecule has 1 spiro atoms. The minimum Gasteiger partial charge on any atom is -0.491 e. The number of nitrogens with one attached hydrogen (secondary N) is 1. The maximum absolute atomic E-state index is 15.7. The molecule has 0 aromatic heterocycles. The molecule has 6 atom stereocenters. The zero-order chi connectivity index (χ0) is 40.1. The number of piperazine rings is 1. The molecule has 10 rings (SSSR count). The number of rotatable bonds is 9. The second kappa shape index (κ2) is 15.2. The molecule has 12 nitrogen and oxygen atoms in total.